The number of amides is 2. The SMILES string of the molecule is COC(=O)[C@@H](NC(=O)c1ccc(C#Cc2ccc(COC3CC3)cc2)cc1)[C@@H](C)NC(=O)OC(C)(C)C. The molecule has 2 N–H and O–H groups in total. The number of methoxy groups -OCH3 is 1. The van der Waals surface area contributed by atoms with Crippen molar-refractivity contribution >= 4 is 18.0 Å². The molecule has 8 heteroatoms. The number of benzene rings is 2. The molecule has 1 aliphatic rings. The van der Waals surface area contributed by atoms with Gasteiger partial charge in [0.15, 0.2) is 0 Å². The van der Waals surface area contributed by atoms with Gasteiger partial charge in [0.25, 0.3) is 5.91 Å². The summed E-state index contributed by atoms with van der Waals surface area (Å²) in [5.41, 5.74) is 2.37. The average Bonchev–Trinajstić information content (AvgIpc) is 3.68. The molecular formula is C29H34N2O6. The van der Waals surface area contributed by atoms with E-state index in [0.29, 0.717) is 18.3 Å². The first kappa shape index (κ1) is 27.8. The molecule has 0 aromatic heterocycles. The molecule has 1 saturated carbocycles. The van der Waals surface area contributed by atoms with Gasteiger partial charge in [-0.1, -0.05) is 24.0 Å². The Hall–Kier alpha value is -3.83. The minimum Gasteiger partial charge on any atom is -0.467 e. The fourth-order valence-electron chi connectivity index (χ4n) is 3.30. The summed E-state index contributed by atoms with van der Waals surface area (Å²) in [5, 5.41) is 5.19. The molecule has 2 aromatic carbocycles. The van der Waals surface area contributed by atoms with Gasteiger partial charge >= 0.3 is 12.1 Å². The number of alkyl carbamates (subject to hydrolysis) is 1. The van der Waals surface area contributed by atoms with Gasteiger partial charge in [-0.3, -0.25) is 4.79 Å². The van der Waals surface area contributed by atoms with E-state index in [-0.39, 0.29) is 0 Å². The lowest BCUT2D eigenvalue weighted by atomic mass is 10.1. The minimum atomic E-state index is -1.11. The second-order valence-electron chi connectivity index (χ2n) is 9.94. The number of ether oxygens (including phenoxy) is 3. The number of nitrogens with one attached hydrogen (secondary N) is 2. The van der Waals surface area contributed by atoms with Crippen LogP contribution in [0.3, 0.4) is 0 Å². The maximum atomic E-state index is 12.8. The molecule has 196 valence electrons. The zero-order valence-corrected chi connectivity index (χ0v) is 21.9. The summed E-state index contributed by atoms with van der Waals surface area (Å²) in [4.78, 5) is 37.2. The van der Waals surface area contributed by atoms with Crippen molar-refractivity contribution < 1.29 is 28.6 Å². The lowest BCUT2D eigenvalue weighted by Crippen LogP contribution is -2.55. The van der Waals surface area contributed by atoms with Crippen molar-refractivity contribution in [3.63, 3.8) is 0 Å². The predicted octanol–water partition coefficient (Wildman–Crippen LogP) is 3.95. The molecule has 1 aliphatic carbocycles. The van der Waals surface area contributed by atoms with Crippen LogP contribution in [0.1, 0.15) is 67.6 Å². The van der Waals surface area contributed by atoms with Gasteiger partial charge in [0.1, 0.15) is 11.6 Å². The van der Waals surface area contributed by atoms with Crippen LogP contribution in [0.25, 0.3) is 0 Å². The Balaban J connectivity index is 1.59. The van der Waals surface area contributed by atoms with Crippen molar-refractivity contribution in [2.75, 3.05) is 7.11 Å². The zero-order chi connectivity index (χ0) is 27.0. The van der Waals surface area contributed by atoms with E-state index in [9.17, 15) is 14.4 Å². The molecule has 0 saturated heterocycles. The van der Waals surface area contributed by atoms with Crippen molar-refractivity contribution in [2.45, 2.75) is 70.9 Å². The van der Waals surface area contributed by atoms with Gasteiger partial charge in [0.05, 0.1) is 25.9 Å². The highest BCUT2D eigenvalue weighted by atomic mass is 16.6. The van der Waals surface area contributed by atoms with E-state index in [1.165, 1.54) is 7.11 Å². The number of hydrogen-bond acceptors (Lipinski definition) is 6. The van der Waals surface area contributed by atoms with Crippen molar-refractivity contribution in [2.24, 2.45) is 0 Å². The van der Waals surface area contributed by atoms with Crippen LogP contribution in [0.5, 0.6) is 0 Å². The maximum Gasteiger partial charge on any atom is 0.407 e. The van der Waals surface area contributed by atoms with Gasteiger partial charge in [-0.25, -0.2) is 9.59 Å². The van der Waals surface area contributed by atoms with Crippen LogP contribution in [-0.4, -0.2) is 48.9 Å². The smallest absolute Gasteiger partial charge is 0.407 e. The fourth-order valence-corrected chi connectivity index (χ4v) is 3.30. The summed E-state index contributed by atoms with van der Waals surface area (Å²) in [6, 6.07) is 12.8. The first-order chi connectivity index (χ1) is 17.5. The van der Waals surface area contributed by atoms with E-state index >= 15 is 0 Å². The van der Waals surface area contributed by atoms with E-state index < -0.39 is 35.7 Å². The Morgan fingerprint density at radius 2 is 1.51 bits per heavy atom. The van der Waals surface area contributed by atoms with Crippen LogP contribution in [0.2, 0.25) is 0 Å². The van der Waals surface area contributed by atoms with Gasteiger partial charge in [-0.15, -0.1) is 0 Å². The van der Waals surface area contributed by atoms with Gasteiger partial charge in [0, 0.05) is 16.7 Å². The quantitative estimate of drug-likeness (QED) is 0.415. The molecule has 3 rings (SSSR count). The number of carbonyl (C=O) groups excluding carboxylic acids is 3. The third kappa shape index (κ3) is 9.28. The second kappa shape index (κ2) is 12.4. The number of esters is 1. The lowest BCUT2D eigenvalue weighted by molar-refractivity contribution is -0.143. The number of rotatable bonds is 8. The molecule has 0 radical (unpaired) electrons. The molecule has 8 nitrogen and oxygen atoms in total. The summed E-state index contributed by atoms with van der Waals surface area (Å²) in [5.74, 6) is 5.02. The van der Waals surface area contributed by atoms with Crippen molar-refractivity contribution in [3.8, 4) is 11.8 Å². The fraction of sp³-hybridized carbons (Fsp3) is 0.414. The van der Waals surface area contributed by atoms with Crippen LogP contribution in [0, 0.1) is 11.8 Å². The van der Waals surface area contributed by atoms with Gasteiger partial charge < -0.3 is 24.8 Å². The molecule has 2 amide bonds. The normalized spacial score (nSPS) is 14.4. The average molecular weight is 507 g/mol. The Morgan fingerprint density at radius 1 is 0.946 bits per heavy atom. The number of carbonyl (C=O) groups is 3. The second-order valence-corrected chi connectivity index (χ2v) is 9.94. The monoisotopic (exact) mass is 506 g/mol. The largest absolute Gasteiger partial charge is 0.467 e. The summed E-state index contributed by atoms with van der Waals surface area (Å²) in [6.45, 7) is 7.39. The highest BCUT2D eigenvalue weighted by Gasteiger charge is 2.30. The van der Waals surface area contributed by atoms with Crippen LogP contribution in [-0.2, 0) is 25.6 Å². The van der Waals surface area contributed by atoms with Crippen LogP contribution < -0.4 is 10.6 Å². The summed E-state index contributed by atoms with van der Waals surface area (Å²) in [6.07, 6.45) is 2.03. The van der Waals surface area contributed by atoms with E-state index in [1.54, 1.807) is 52.0 Å². The topological polar surface area (TPSA) is 103 Å². The first-order valence-corrected chi connectivity index (χ1v) is 12.2. The third-order valence-electron chi connectivity index (χ3n) is 5.45. The van der Waals surface area contributed by atoms with E-state index in [1.807, 2.05) is 24.3 Å². The minimum absolute atomic E-state index is 0.337. The summed E-state index contributed by atoms with van der Waals surface area (Å²) < 4.78 is 15.7. The molecule has 1 fully saturated rings. The zero-order valence-electron chi connectivity index (χ0n) is 21.9. The Morgan fingerprint density at radius 3 is 2.03 bits per heavy atom. The molecule has 0 unspecified atom stereocenters. The standard InChI is InChI=1S/C29H34N2O6/c1-19(30-28(34)37-29(2,3)4)25(27(33)35-5)31-26(32)23-14-12-21(13-15-23)7-6-20-8-10-22(11-9-20)18-36-24-16-17-24/h8-15,19,24-25H,16-18H2,1-5H3,(H,30,34)(H,31,32)/t19-,25+/m1/s1. The van der Waals surface area contributed by atoms with Crippen molar-refractivity contribution in [1.82, 2.24) is 10.6 Å². The highest BCUT2D eigenvalue weighted by molar-refractivity contribution is 5.97. The van der Waals surface area contributed by atoms with Gasteiger partial charge in [-0.05, 0) is 82.5 Å². The van der Waals surface area contributed by atoms with Crippen molar-refractivity contribution in [3.05, 3.63) is 70.8 Å². The Bertz CT molecular complexity index is 1150. The Labute approximate surface area is 218 Å². The maximum absolute atomic E-state index is 12.8. The summed E-state index contributed by atoms with van der Waals surface area (Å²) in [7, 11) is 1.21. The Kier molecular flexibility index (Phi) is 9.31. The van der Waals surface area contributed by atoms with Gasteiger partial charge in [0.2, 0.25) is 0 Å². The molecule has 0 aliphatic heterocycles. The molecule has 0 bridgehead atoms. The molecule has 2 atom stereocenters. The van der Waals surface area contributed by atoms with Gasteiger partial charge in [-0.2, -0.15) is 0 Å². The summed E-state index contributed by atoms with van der Waals surface area (Å²) >= 11 is 0. The molecule has 0 spiro atoms. The van der Waals surface area contributed by atoms with Crippen LogP contribution in [0.4, 0.5) is 4.79 Å². The molecule has 0 heterocycles. The molecule has 2 aromatic rings. The van der Waals surface area contributed by atoms with E-state index in [0.717, 1.165) is 29.5 Å². The van der Waals surface area contributed by atoms with Crippen LogP contribution >= 0.6 is 0 Å². The van der Waals surface area contributed by atoms with Crippen molar-refractivity contribution in [1.29, 1.82) is 0 Å². The predicted molar refractivity (Wildman–Crippen MR) is 139 cm³/mol. The van der Waals surface area contributed by atoms with Crippen LogP contribution in [0.15, 0.2) is 48.5 Å². The molecular weight excluding hydrogens is 472 g/mol. The third-order valence-corrected chi connectivity index (χ3v) is 5.45. The lowest BCUT2D eigenvalue weighted by Gasteiger charge is -2.26. The van der Waals surface area contributed by atoms with E-state index in [2.05, 4.69) is 22.5 Å². The van der Waals surface area contributed by atoms with E-state index in [4.69, 9.17) is 14.2 Å². The first-order valence-electron chi connectivity index (χ1n) is 12.2. The molecule has 37 heavy (non-hydrogen) atoms. The number of hydrogen-bond donors (Lipinski definition) is 2. The highest BCUT2D eigenvalue weighted by Crippen LogP contribution is 2.24.